The first-order valence-electron chi connectivity index (χ1n) is 4.83. The lowest BCUT2D eigenvalue weighted by atomic mass is 9.81. The van der Waals surface area contributed by atoms with Crippen LogP contribution in [-0.4, -0.2) is 35.3 Å². The number of carbonyl (C=O) groups excluding carboxylic acids is 2. The maximum atomic E-state index is 11.6. The van der Waals surface area contributed by atoms with Gasteiger partial charge in [-0.05, 0) is 19.3 Å². The standard InChI is InChI=1S/C9H13ClN2O2/c1-12-6-4-2-3-5(10)7(6)8(13)11-9(12)14/h5-7H,2-4H2,1H3,(H,11,13,14). The second-order valence-electron chi connectivity index (χ2n) is 3.95. The Morgan fingerprint density at radius 2 is 2.14 bits per heavy atom. The molecule has 0 aromatic rings. The van der Waals surface area contributed by atoms with Gasteiger partial charge in [0.05, 0.1) is 5.92 Å². The lowest BCUT2D eigenvalue weighted by Crippen LogP contribution is -2.61. The fourth-order valence-corrected chi connectivity index (χ4v) is 2.76. The lowest BCUT2D eigenvalue weighted by Gasteiger charge is -2.42. The van der Waals surface area contributed by atoms with Gasteiger partial charge in [0.1, 0.15) is 0 Å². The van der Waals surface area contributed by atoms with E-state index in [2.05, 4.69) is 5.32 Å². The van der Waals surface area contributed by atoms with E-state index in [-0.39, 0.29) is 29.3 Å². The molecule has 1 aliphatic carbocycles. The number of nitrogens with one attached hydrogen (secondary N) is 1. The highest BCUT2D eigenvalue weighted by molar-refractivity contribution is 6.22. The minimum atomic E-state index is -0.304. The van der Waals surface area contributed by atoms with Crippen LogP contribution in [-0.2, 0) is 4.79 Å². The van der Waals surface area contributed by atoms with Crippen molar-refractivity contribution in [1.82, 2.24) is 10.2 Å². The van der Waals surface area contributed by atoms with Crippen molar-refractivity contribution in [2.24, 2.45) is 5.92 Å². The Hall–Kier alpha value is -0.770. The van der Waals surface area contributed by atoms with Gasteiger partial charge < -0.3 is 4.90 Å². The van der Waals surface area contributed by atoms with E-state index in [1.807, 2.05) is 0 Å². The molecule has 1 heterocycles. The third-order valence-corrected chi connectivity index (χ3v) is 3.62. The van der Waals surface area contributed by atoms with Gasteiger partial charge in [0, 0.05) is 18.5 Å². The van der Waals surface area contributed by atoms with Crippen molar-refractivity contribution in [2.75, 3.05) is 7.05 Å². The van der Waals surface area contributed by atoms with Crippen LogP contribution < -0.4 is 5.32 Å². The van der Waals surface area contributed by atoms with Crippen LogP contribution in [0.1, 0.15) is 19.3 Å². The Balaban J connectivity index is 2.24. The Morgan fingerprint density at radius 1 is 1.43 bits per heavy atom. The molecule has 5 heteroatoms. The molecular weight excluding hydrogens is 204 g/mol. The first-order chi connectivity index (χ1) is 6.61. The van der Waals surface area contributed by atoms with Gasteiger partial charge >= 0.3 is 6.03 Å². The molecule has 0 bridgehead atoms. The molecule has 14 heavy (non-hydrogen) atoms. The van der Waals surface area contributed by atoms with Crippen molar-refractivity contribution in [2.45, 2.75) is 30.7 Å². The number of hydrogen-bond donors (Lipinski definition) is 1. The molecule has 1 N–H and O–H groups in total. The largest absolute Gasteiger partial charge is 0.324 e. The van der Waals surface area contributed by atoms with E-state index in [4.69, 9.17) is 11.6 Å². The summed E-state index contributed by atoms with van der Waals surface area (Å²) in [4.78, 5) is 24.5. The summed E-state index contributed by atoms with van der Waals surface area (Å²) >= 11 is 6.10. The highest BCUT2D eigenvalue weighted by atomic mass is 35.5. The van der Waals surface area contributed by atoms with E-state index in [1.165, 1.54) is 0 Å². The SMILES string of the molecule is CN1C(=O)NC(=O)C2C(Cl)CCCC21. The summed E-state index contributed by atoms with van der Waals surface area (Å²) in [7, 11) is 1.72. The molecule has 2 aliphatic rings. The molecule has 0 aromatic carbocycles. The minimum absolute atomic E-state index is 0.00694. The maximum absolute atomic E-state index is 11.6. The Labute approximate surface area is 87.6 Å². The van der Waals surface area contributed by atoms with E-state index in [0.29, 0.717) is 0 Å². The molecule has 3 unspecified atom stereocenters. The summed E-state index contributed by atoms with van der Waals surface area (Å²) in [5.74, 6) is -0.439. The number of nitrogens with zero attached hydrogens (tertiary/aromatic N) is 1. The van der Waals surface area contributed by atoms with Gasteiger partial charge in [-0.1, -0.05) is 0 Å². The minimum Gasteiger partial charge on any atom is -0.324 e. The Morgan fingerprint density at radius 3 is 2.86 bits per heavy atom. The quantitative estimate of drug-likeness (QED) is 0.613. The Kier molecular flexibility index (Phi) is 2.39. The second kappa shape index (κ2) is 3.42. The highest BCUT2D eigenvalue weighted by Crippen LogP contribution is 2.33. The van der Waals surface area contributed by atoms with Crippen LogP contribution in [0.3, 0.4) is 0 Å². The molecule has 1 aliphatic heterocycles. The summed E-state index contributed by atoms with van der Waals surface area (Å²) < 4.78 is 0. The zero-order valence-corrected chi connectivity index (χ0v) is 8.75. The molecule has 1 saturated heterocycles. The molecule has 0 radical (unpaired) electrons. The van der Waals surface area contributed by atoms with Gasteiger partial charge in [0.15, 0.2) is 0 Å². The smallest absolute Gasteiger partial charge is 0.324 e. The van der Waals surface area contributed by atoms with Crippen LogP contribution in [0.2, 0.25) is 0 Å². The molecule has 0 aromatic heterocycles. The second-order valence-corrected chi connectivity index (χ2v) is 4.51. The molecule has 3 amide bonds. The summed E-state index contributed by atoms with van der Waals surface area (Å²) in [6.45, 7) is 0. The third kappa shape index (κ3) is 1.38. The van der Waals surface area contributed by atoms with Crippen LogP contribution in [0, 0.1) is 5.92 Å². The molecule has 0 spiro atoms. The topological polar surface area (TPSA) is 49.4 Å². The number of rotatable bonds is 0. The van der Waals surface area contributed by atoms with Gasteiger partial charge in [-0.2, -0.15) is 0 Å². The van der Waals surface area contributed by atoms with Gasteiger partial charge in [-0.15, -0.1) is 11.6 Å². The molecule has 1 saturated carbocycles. The number of amides is 3. The van der Waals surface area contributed by atoms with Crippen LogP contribution >= 0.6 is 11.6 Å². The van der Waals surface area contributed by atoms with Crippen LogP contribution in [0.4, 0.5) is 4.79 Å². The fourth-order valence-electron chi connectivity index (χ4n) is 2.32. The number of halogens is 1. The fraction of sp³-hybridized carbons (Fsp3) is 0.778. The molecule has 3 atom stereocenters. The maximum Gasteiger partial charge on any atom is 0.324 e. The molecule has 4 nitrogen and oxygen atoms in total. The van der Waals surface area contributed by atoms with Crippen molar-refractivity contribution in [3.63, 3.8) is 0 Å². The monoisotopic (exact) mass is 216 g/mol. The van der Waals surface area contributed by atoms with Crippen molar-refractivity contribution < 1.29 is 9.59 Å². The number of urea groups is 1. The van der Waals surface area contributed by atoms with Crippen molar-refractivity contribution in [3.8, 4) is 0 Å². The average molecular weight is 217 g/mol. The predicted molar refractivity (Wildman–Crippen MR) is 52.1 cm³/mol. The summed E-state index contributed by atoms with van der Waals surface area (Å²) in [5.41, 5.74) is 0. The summed E-state index contributed by atoms with van der Waals surface area (Å²) in [6.07, 6.45) is 2.72. The van der Waals surface area contributed by atoms with Crippen LogP contribution in [0.5, 0.6) is 0 Å². The van der Waals surface area contributed by atoms with Gasteiger partial charge in [-0.25, -0.2) is 4.79 Å². The highest BCUT2D eigenvalue weighted by Gasteiger charge is 2.45. The lowest BCUT2D eigenvalue weighted by molar-refractivity contribution is -0.128. The zero-order valence-electron chi connectivity index (χ0n) is 8.00. The number of fused-ring (bicyclic) bond motifs is 1. The zero-order chi connectivity index (χ0) is 10.3. The normalized spacial score (nSPS) is 37.9. The number of alkyl halides is 1. The predicted octanol–water partition coefficient (Wildman–Crippen LogP) is 0.944. The van der Waals surface area contributed by atoms with Gasteiger partial charge in [0.25, 0.3) is 0 Å². The first kappa shape index (κ1) is 9.77. The summed E-state index contributed by atoms with van der Waals surface area (Å²) in [5, 5.41) is 2.19. The van der Waals surface area contributed by atoms with Gasteiger partial charge in [-0.3, -0.25) is 10.1 Å². The summed E-state index contributed by atoms with van der Waals surface area (Å²) in [6, 6.07) is -0.311. The van der Waals surface area contributed by atoms with Crippen molar-refractivity contribution >= 4 is 23.5 Å². The molecule has 2 rings (SSSR count). The van der Waals surface area contributed by atoms with E-state index in [1.54, 1.807) is 11.9 Å². The van der Waals surface area contributed by atoms with Crippen LogP contribution in [0.25, 0.3) is 0 Å². The number of hydrogen-bond acceptors (Lipinski definition) is 2. The van der Waals surface area contributed by atoms with Crippen molar-refractivity contribution in [1.29, 1.82) is 0 Å². The van der Waals surface area contributed by atoms with E-state index in [9.17, 15) is 9.59 Å². The number of carbonyl (C=O) groups is 2. The first-order valence-corrected chi connectivity index (χ1v) is 5.26. The molecular formula is C9H13ClN2O2. The third-order valence-electron chi connectivity index (χ3n) is 3.13. The van der Waals surface area contributed by atoms with E-state index < -0.39 is 0 Å². The van der Waals surface area contributed by atoms with E-state index in [0.717, 1.165) is 19.3 Å². The average Bonchev–Trinajstić information content (AvgIpc) is 2.14. The van der Waals surface area contributed by atoms with Crippen LogP contribution in [0.15, 0.2) is 0 Å². The molecule has 78 valence electrons. The van der Waals surface area contributed by atoms with Gasteiger partial charge in [0.2, 0.25) is 5.91 Å². The van der Waals surface area contributed by atoms with E-state index >= 15 is 0 Å². The Bertz CT molecular complexity index is 282. The van der Waals surface area contributed by atoms with Crippen molar-refractivity contribution in [3.05, 3.63) is 0 Å². The number of imide groups is 1. The molecule has 2 fully saturated rings.